The second kappa shape index (κ2) is 7.00. The number of aromatic nitrogens is 4. The fourth-order valence-corrected chi connectivity index (χ4v) is 3.95. The Balaban J connectivity index is 1.59. The van der Waals surface area contributed by atoms with E-state index in [0.29, 0.717) is 0 Å². The number of imidazole rings is 1. The first-order valence-corrected chi connectivity index (χ1v) is 10.00. The fourth-order valence-electron chi connectivity index (χ4n) is 3.95. The van der Waals surface area contributed by atoms with Crippen LogP contribution in [0.1, 0.15) is 11.1 Å². The predicted octanol–water partition coefficient (Wildman–Crippen LogP) is 3.39. The molecule has 4 heterocycles. The molecular formula is C22H25N7. The number of hydrogen-bond donors (Lipinski definition) is 1. The lowest BCUT2D eigenvalue weighted by Crippen LogP contribution is -2.44. The van der Waals surface area contributed by atoms with E-state index in [-0.39, 0.29) is 0 Å². The van der Waals surface area contributed by atoms with Crippen LogP contribution in [0.25, 0.3) is 16.7 Å². The Bertz CT molecular complexity index is 1170. The minimum absolute atomic E-state index is 0.793. The number of pyridine rings is 1. The van der Waals surface area contributed by atoms with Crippen LogP contribution in [0.3, 0.4) is 0 Å². The first-order valence-electron chi connectivity index (χ1n) is 10.00. The Morgan fingerprint density at radius 2 is 1.69 bits per heavy atom. The maximum atomic E-state index is 4.95. The first-order chi connectivity index (χ1) is 14.1. The average Bonchev–Trinajstić information content (AvgIpc) is 3.22. The largest absolute Gasteiger partial charge is 0.354 e. The zero-order valence-electron chi connectivity index (χ0n) is 17.1. The zero-order chi connectivity index (χ0) is 20.0. The van der Waals surface area contributed by atoms with Crippen molar-refractivity contribution in [2.75, 3.05) is 43.4 Å². The molecule has 0 radical (unpaired) electrons. The normalized spacial score (nSPS) is 15.3. The van der Waals surface area contributed by atoms with Crippen molar-refractivity contribution in [1.82, 2.24) is 24.3 Å². The summed E-state index contributed by atoms with van der Waals surface area (Å²) in [5.74, 6) is 1.79. The average molecular weight is 387 g/mol. The van der Waals surface area contributed by atoms with Crippen LogP contribution in [0.15, 0.2) is 42.9 Å². The number of benzene rings is 1. The standard InChI is InChI=1S/C22H25N7/c1-15-5-4-6-16(2)20(15)26-21-18-13-23-14-29(18)22-17(24-21)7-8-19(25-22)28-11-9-27(3)10-12-28/h4-8,13-14H,9-12H2,1-3H3,(H,24,26). The minimum Gasteiger partial charge on any atom is -0.354 e. The quantitative estimate of drug-likeness (QED) is 0.581. The molecule has 7 nitrogen and oxygen atoms in total. The molecule has 1 N–H and O–H groups in total. The molecular weight excluding hydrogens is 362 g/mol. The van der Waals surface area contributed by atoms with Crippen molar-refractivity contribution < 1.29 is 0 Å². The van der Waals surface area contributed by atoms with Crippen molar-refractivity contribution in [2.24, 2.45) is 0 Å². The van der Waals surface area contributed by atoms with Gasteiger partial charge in [-0.2, -0.15) is 0 Å². The lowest BCUT2D eigenvalue weighted by atomic mass is 10.1. The molecule has 7 heteroatoms. The van der Waals surface area contributed by atoms with E-state index in [2.05, 4.69) is 71.3 Å². The number of anilines is 3. The third kappa shape index (κ3) is 3.17. The SMILES string of the molecule is Cc1cccc(C)c1Nc1nc2ccc(N3CCN(C)CC3)nc2n2cncc12. The van der Waals surface area contributed by atoms with Gasteiger partial charge in [0.2, 0.25) is 0 Å². The molecule has 0 aliphatic carbocycles. The number of fused-ring (bicyclic) bond motifs is 3. The van der Waals surface area contributed by atoms with Crippen LogP contribution in [0.4, 0.5) is 17.3 Å². The van der Waals surface area contributed by atoms with Gasteiger partial charge in [-0.05, 0) is 44.2 Å². The topological polar surface area (TPSA) is 61.6 Å². The lowest BCUT2D eigenvalue weighted by molar-refractivity contribution is 0.312. The number of para-hydroxylation sites is 1. The maximum Gasteiger partial charge on any atom is 0.166 e. The highest BCUT2D eigenvalue weighted by molar-refractivity contribution is 5.85. The molecule has 1 aromatic carbocycles. The molecule has 4 aromatic rings. The molecule has 1 fully saturated rings. The molecule has 0 spiro atoms. The molecule has 3 aromatic heterocycles. The summed E-state index contributed by atoms with van der Waals surface area (Å²) in [6.45, 7) is 8.29. The number of hydrogen-bond acceptors (Lipinski definition) is 6. The van der Waals surface area contributed by atoms with Gasteiger partial charge < -0.3 is 15.1 Å². The molecule has 29 heavy (non-hydrogen) atoms. The number of aryl methyl sites for hydroxylation is 2. The number of likely N-dealkylation sites (N-methyl/N-ethyl adjacent to an activating group) is 1. The van der Waals surface area contributed by atoms with E-state index >= 15 is 0 Å². The summed E-state index contributed by atoms with van der Waals surface area (Å²) in [5.41, 5.74) is 6.07. The summed E-state index contributed by atoms with van der Waals surface area (Å²) >= 11 is 0. The molecule has 0 saturated carbocycles. The van der Waals surface area contributed by atoms with Crippen LogP contribution >= 0.6 is 0 Å². The number of rotatable bonds is 3. The lowest BCUT2D eigenvalue weighted by Gasteiger charge is -2.33. The molecule has 148 valence electrons. The second-order valence-electron chi connectivity index (χ2n) is 7.80. The molecule has 1 saturated heterocycles. The van der Waals surface area contributed by atoms with Gasteiger partial charge in [0.05, 0.1) is 6.20 Å². The van der Waals surface area contributed by atoms with Crippen LogP contribution in [-0.2, 0) is 0 Å². The molecule has 0 bridgehead atoms. The molecule has 0 atom stereocenters. The maximum absolute atomic E-state index is 4.95. The van der Waals surface area contributed by atoms with Crippen molar-refractivity contribution in [2.45, 2.75) is 13.8 Å². The smallest absolute Gasteiger partial charge is 0.166 e. The van der Waals surface area contributed by atoms with E-state index < -0.39 is 0 Å². The summed E-state index contributed by atoms with van der Waals surface area (Å²) in [6.07, 6.45) is 3.66. The van der Waals surface area contributed by atoms with Gasteiger partial charge in [0, 0.05) is 31.9 Å². The van der Waals surface area contributed by atoms with Crippen LogP contribution in [0.2, 0.25) is 0 Å². The number of nitrogens with zero attached hydrogens (tertiary/aromatic N) is 6. The fraction of sp³-hybridized carbons (Fsp3) is 0.318. The highest BCUT2D eigenvalue weighted by Crippen LogP contribution is 2.28. The van der Waals surface area contributed by atoms with Gasteiger partial charge in [-0.25, -0.2) is 15.0 Å². The molecule has 5 rings (SSSR count). The summed E-state index contributed by atoms with van der Waals surface area (Å²) < 4.78 is 2.03. The van der Waals surface area contributed by atoms with E-state index in [4.69, 9.17) is 9.97 Å². The van der Waals surface area contributed by atoms with Gasteiger partial charge in [0.15, 0.2) is 11.5 Å². The molecule has 0 amide bonds. The highest BCUT2D eigenvalue weighted by Gasteiger charge is 2.17. The van der Waals surface area contributed by atoms with Gasteiger partial charge >= 0.3 is 0 Å². The predicted molar refractivity (Wildman–Crippen MR) is 117 cm³/mol. The summed E-state index contributed by atoms with van der Waals surface area (Å²) in [5, 5.41) is 3.53. The molecule has 1 aliphatic rings. The van der Waals surface area contributed by atoms with Crippen molar-refractivity contribution in [1.29, 1.82) is 0 Å². The van der Waals surface area contributed by atoms with Gasteiger partial charge in [0.25, 0.3) is 0 Å². The Hall–Kier alpha value is -3.19. The van der Waals surface area contributed by atoms with E-state index in [1.54, 1.807) is 0 Å². The summed E-state index contributed by atoms with van der Waals surface area (Å²) in [7, 11) is 2.16. The third-order valence-corrected chi connectivity index (χ3v) is 5.73. The van der Waals surface area contributed by atoms with Gasteiger partial charge in [0.1, 0.15) is 23.2 Å². The first kappa shape index (κ1) is 17.9. The van der Waals surface area contributed by atoms with Crippen LogP contribution in [0, 0.1) is 13.8 Å². The number of nitrogens with one attached hydrogen (secondary N) is 1. The van der Waals surface area contributed by atoms with E-state index in [1.165, 1.54) is 11.1 Å². The summed E-state index contributed by atoms with van der Waals surface area (Å²) in [4.78, 5) is 18.9. The van der Waals surface area contributed by atoms with Crippen molar-refractivity contribution in [3.8, 4) is 0 Å². The highest BCUT2D eigenvalue weighted by atomic mass is 15.3. The van der Waals surface area contributed by atoms with Crippen molar-refractivity contribution >= 4 is 34.0 Å². The second-order valence-corrected chi connectivity index (χ2v) is 7.80. The van der Waals surface area contributed by atoms with Crippen LogP contribution < -0.4 is 10.2 Å². The van der Waals surface area contributed by atoms with Crippen molar-refractivity contribution in [3.63, 3.8) is 0 Å². The third-order valence-electron chi connectivity index (χ3n) is 5.73. The number of piperazine rings is 1. The van der Waals surface area contributed by atoms with Crippen molar-refractivity contribution in [3.05, 3.63) is 54.0 Å². The Morgan fingerprint density at radius 3 is 2.45 bits per heavy atom. The summed E-state index contributed by atoms with van der Waals surface area (Å²) in [6, 6.07) is 10.4. The van der Waals surface area contributed by atoms with Gasteiger partial charge in [-0.1, -0.05) is 18.2 Å². The zero-order valence-corrected chi connectivity index (χ0v) is 17.1. The van der Waals surface area contributed by atoms with Gasteiger partial charge in [-0.15, -0.1) is 0 Å². The monoisotopic (exact) mass is 387 g/mol. The van der Waals surface area contributed by atoms with Gasteiger partial charge in [-0.3, -0.25) is 4.40 Å². The van der Waals surface area contributed by atoms with E-state index in [9.17, 15) is 0 Å². The Morgan fingerprint density at radius 1 is 0.931 bits per heavy atom. The molecule has 1 aliphatic heterocycles. The van der Waals surface area contributed by atoms with Crippen LogP contribution in [-0.4, -0.2) is 57.5 Å². The Labute approximate surface area is 170 Å². The van der Waals surface area contributed by atoms with E-state index in [0.717, 1.165) is 60.2 Å². The minimum atomic E-state index is 0.793. The van der Waals surface area contributed by atoms with Crippen LogP contribution in [0.5, 0.6) is 0 Å². The molecule has 0 unspecified atom stereocenters. The Kier molecular flexibility index (Phi) is 4.32. The van der Waals surface area contributed by atoms with E-state index in [1.807, 2.05) is 16.9 Å².